The zero-order valence-electron chi connectivity index (χ0n) is 12.6. The second-order valence-corrected chi connectivity index (χ2v) is 7.31. The fraction of sp³-hybridized carbons (Fsp3) is 0.667. The van der Waals surface area contributed by atoms with E-state index in [0.717, 1.165) is 63.7 Å². The number of thiophene rings is 1. The van der Waals surface area contributed by atoms with Crippen molar-refractivity contribution in [2.24, 2.45) is 5.92 Å². The molecule has 0 radical (unpaired) electrons. The van der Waals surface area contributed by atoms with Crippen molar-refractivity contribution in [3.05, 3.63) is 21.3 Å². The van der Waals surface area contributed by atoms with E-state index in [4.69, 9.17) is 11.6 Å². The van der Waals surface area contributed by atoms with Gasteiger partial charge in [-0.05, 0) is 25.5 Å². The van der Waals surface area contributed by atoms with Crippen molar-refractivity contribution in [2.45, 2.75) is 19.4 Å². The third-order valence-corrected chi connectivity index (χ3v) is 5.55. The van der Waals surface area contributed by atoms with Gasteiger partial charge in [-0.25, -0.2) is 0 Å². The molecule has 0 aliphatic carbocycles. The van der Waals surface area contributed by atoms with E-state index in [9.17, 15) is 4.79 Å². The maximum Gasteiger partial charge on any atom is 0.227 e. The lowest BCUT2D eigenvalue weighted by Crippen LogP contribution is -2.51. The van der Waals surface area contributed by atoms with Crippen molar-refractivity contribution in [1.82, 2.24) is 15.1 Å². The van der Waals surface area contributed by atoms with Crippen molar-refractivity contribution >= 4 is 41.3 Å². The van der Waals surface area contributed by atoms with Crippen molar-refractivity contribution in [1.29, 1.82) is 0 Å². The maximum absolute atomic E-state index is 12.6. The summed E-state index contributed by atoms with van der Waals surface area (Å²) in [5, 5.41) is 6.10. The minimum Gasteiger partial charge on any atom is -0.340 e. The summed E-state index contributed by atoms with van der Waals surface area (Å²) >= 11 is 7.69. The summed E-state index contributed by atoms with van der Waals surface area (Å²) in [7, 11) is 0. The number of hydrogen-bond acceptors (Lipinski definition) is 4. The van der Waals surface area contributed by atoms with Crippen LogP contribution in [0.1, 0.15) is 17.7 Å². The summed E-state index contributed by atoms with van der Waals surface area (Å²) < 4.78 is 0. The minimum atomic E-state index is 0. The first-order valence-electron chi connectivity index (χ1n) is 7.67. The van der Waals surface area contributed by atoms with Gasteiger partial charge in [0.05, 0.1) is 10.9 Å². The average molecular weight is 364 g/mol. The summed E-state index contributed by atoms with van der Waals surface area (Å²) in [6.45, 7) is 6.46. The Hall–Kier alpha value is -0.330. The Bertz CT molecular complexity index is 491. The first-order valence-corrected chi connectivity index (χ1v) is 8.93. The molecule has 2 saturated heterocycles. The number of halogens is 2. The number of amides is 1. The lowest BCUT2D eigenvalue weighted by molar-refractivity contribution is -0.138. The molecule has 124 valence electrons. The smallest absolute Gasteiger partial charge is 0.227 e. The van der Waals surface area contributed by atoms with Gasteiger partial charge in [-0.1, -0.05) is 11.6 Å². The Kier molecular flexibility index (Phi) is 6.96. The van der Waals surface area contributed by atoms with Crippen LogP contribution in [0.3, 0.4) is 0 Å². The highest BCUT2D eigenvalue weighted by Gasteiger charge is 2.29. The number of rotatable bonds is 3. The van der Waals surface area contributed by atoms with Gasteiger partial charge in [-0.3, -0.25) is 9.69 Å². The van der Waals surface area contributed by atoms with E-state index in [0.29, 0.717) is 5.91 Å². The van der Waals surface area contributed by atoms with Crippen LogP contribution in [0.15, 0.2) is 11.4 Å². The molecule has 0 saturated carbocycles. The molecule has 1 aromatic rings. The van der Waals surface area contributed by atoms with Crippen molar-refractivity contribution in [3.63, 3.8) is 0 Å². The fourth-order valence-electron chi connectivity index (χ4n) is 3.20. The van der Waals surface area contributed by atoms with E-state index in [2.05, 4.69) is 10.2 Å². The maximum atomic E-state index is 12.6. The number of piperidine rings is 1. The van der Waals surface area contributed by atoms with E-state index in [1.165, 1.54) is 4.88 Å². The number of carbonyl (C=O) groups excluding carboxylic acids is 1. The highest BCUT2D eigenvalue weighted by molar-refractivity contribution is 7.10. The molecule has 3 rings (SSSR count). The van der Waals surface area contributed by atoms with Crippen LogP contribution in [0.2, 0.25) is 5.02 Å². The lowest BCUT2D eigenvalue weighted by atomic mass is 9.96. The fourth-order valence-corrected chi connectivity index (χ4v) is 4.32. The summed E-state index contributed by atoms with van der Waals surface area (Å²) in [4.78, 5) is 18.3. The Balaban J connectivity index is 0.00000176. The van der Waals surface area contributed by atoms with Crippen molar-refractivity contribution in [3.8, 4) is 0 Å². The molecule has 1 N–H and O–H groups in total. The molecule has 0 aromatic carbocycles. The zero-order valence-corrected chi connectivity index (χ0v) is 15.0. The SMILES string of the molecule is Cl.O=C(C1CCCN(Cc2cc(Cl)cs2)C1)N1CCNCC1. The second kappa shape index (κ2) is 8.50. The van der Waals surface area contributed by atoms with Gasteiger partial charge in [-0.2, -0.15) is 0 Å². The summed E-state index contributed by atoms with van der Waals surface area (Å²) in [6.07, 6.45) is 2.14. The molecule has 7 heteroatoms. The van der Waals surface area contributed by atoms with E-state index < -0.39 is 0 Å². The summed E-state index contributed by atoms with van der Waals surface area (Å²) in [5.41, 5.74) is 0. The zero-order chi connectivity index (χ0) is 14.7. The molecular weight excluding hydrogens is 341 g/mol. The number of hydrogen-bond donors (Lipinski definition) is 1. The molecule has 1 aromatic heterocycles. The van der Waals surface area contributed by atoms with Crippen LogP contribution >= 0.6 is 35.3 Å². The molecule has 2 fully saturated rings. The predicted molar refractivity (Wildman–Crippen MR) is 94.0 cm³/mol. The lowest BCUT2D eigenvalue weighted by Gasteiger charge is -2.36. The van der Waals surface area contributed by atoms with Crippen molar-refractivity contribution < 1.29 is 4.79 Å². The van der Waals surface area contributed by atoms with Gasteiger partial charge in [0.25, 0.3) is 0 Å². The van der Waals surface area contributed by atoms with Crippen molar-refractivity contribution in [2.75, 3.05) is 39.3 Å². The number of nitrogens with zero attached hydrogens (tertiary/aromatic N) is 2. The van der Waals surface area contributed by atoms with Crippen LogP contribution in [0.5, 0.6) is 0 Å². The Labute approximate surface area is 147 Å². The van der Waals surface area contributed by atoms with E-state index >= 15 is 0 Å². The van der Waals surface area contributed by atoms with Gasteiger partial charge in [0.2, 0.25) is 5.91 Å². The third kappa shape index (κ3) is 4.59. The summed E-state index contributed by atoms with van der Waals surface area (Å²) in [5.74, 6) is 0.526. The Morgan fingerprint density at radius 2 is 2.14 bits per heavy atom. The molecule has 1 amide bonds. The van der Waals surface area contributed by atoms with Gasteiger partial charge >= 0.3 is 0 Å². The molecule has 3 heterocycles. The normalized spacial score (nSPS) is 23.1. The van der Waals surface area contributed by atoms with E-state index in [1.54, 1.807) is 11.3 Å². The van der Waals surface area contributed by atoms with Crippen LogP contribution < -0.4 is 5.32 Å². The molecule has 2 aliphatic rings. The van der Waals surface area contributed by atoms with Gasteiger partial charge in [0.1, 0.15) is 0 Å². The first kappa shape index (κ1) is 18.0. The molecule has 0 bridgehead atoms. The largest absolute Gasteiger partial charge is 0.340 e. The van der Waals surface area contributed by atoms with Gasteiger partial charge in [-0.15, -0.1) is 23.7 Å². The minimum absolute atomic E-state index is 0. The first-order chi connectivity index (χ1) is 10.2. The monoisotopic (exact) mass is 363 g/mol. The topological polar surface area (TPSA) is 35.6 Å². The second-order valence-electron chi connectivity index (χ2n) is 5.88. The van der Waals surface area contributed by atoms with E-state index in [-0.39, 0.29) is 18.3 Å². The van der Waals surface area contributed by atoms with Gasteiger partial charge in [0, 0.05) is 49.5 Å². The number of piperazine rings is 1. The van der Waals surface area contributed by atoms with Crippen LogP contribution in [-0.4, -0.2) is 55.0 Å². The Morgan fingerprint density at radius 3 is 2.82 bits per heavy atom. The third-order valence-electron chi connectivity index (χ3n) is 4.28. The van der Waals surface area contributed by atoms with Gasteiger partial charge < -0.3 is 10.2 Å². The molecule has 2 aliphatic heterocycles. The number of carbonyl (C=O) groups is 1. The van der Waals surface area contributed by atoms with Crippen LogP contribution in [-0.2, 0) is 11.3 Å². The van der Waals surface area contributed by atoms with Crippen LogP contribution in [0.4, 0.5) is 0 Å². The molecule has 4 nitrogen and oxygen atoms in total. The highest BCUT2D eigenvalue weighted by Crippen LogP contribution is 2.24. The molecule has 1 unspecified atom stereocenters. The van der Waals surface area contributed by atoms with Gasteiger partial charge in [0.15, 0.2) is 0 Å². The standard InChI is InChI=1S/C15H22ClN3OS.ClH/c16-13-8-14(21-11-13)10-18-5-1-2-12(9-18)15(20)19-6-3-17-4-7-19;/h8,11-12,17H,1-7,9-10H2;1H. The summed E-state index contributed by atoms with van der Waals surface area (Å²) in [6, 6.07) is 2.04. The predicted octanol–water partition coefficient (Wildman–Crippen LogP) is 2.47. The van der Waals surface area contributed by atoms with E-state index in [1.807, 2.05) is 16.3 Å². The molecule has 1 atom stereocenters. The highest BCUT2D eigenvalue weighted by atomic mass is 35.5. The molecule has 0 spiro atoms. The number of likely N-dealkylation sites (tertiary alicyclic amines) is 1. The average Bonchev–Trinajstić information content (AvgIpc) is 2.93. The van der Waals surface area contributed by atoms with Crippen LogP contribution in [0.25, 0.3) is 0 Å². The Morgan fingerprint density at radius 1 is 1.36 bits per heavy atom. The molecule has 22 heavy (non-hydrogen) atoms. The number of nitrogens with one attached hydrogen (secondary N) is 1. The van der Waals surface area contributed by atoms with Crippen LogP contribution in [0, 0.1) is 5.92 Å². The quantitative estimate of drug-likeness (QED) is 0.895. The molecular formula is C15H23Cl2N3OS.